The molecule has 0 aromatic heterocycles. The van der Waals surface area contributed by atoms with Gasteiger partial charge in [-0.2, -0.15) is 16.8 Å². The summed E-state index contributed by atoms with van der Waals surface area (Å²) < 4.78 is 70.0. The fourth-order valence-electron chi connectivity index (χ4n) is 2.03. The first kappa shape index (κ1) is 15.7. The summed E-state index contributed by atoms with van der Waals surface area (Å²) >= 11 is 0. The summed E-state index contributed by atoms with van der Waals surface area (Å²) in [6.45, 7) is 1.61. The quantitative estimate of drug-likeness (QED) is 0.818. The van der Waals surface area contributed by atoms with E-state index in [0.717, 1.165) is 0 Å². The molecule has 0 saturated carbocycles. The van der Waals surface area contributed by atoms with Gasteiger partial charge in [-0.25, -0.2) is 0 Å². The topological polar surface area (TPSA) is 118 Å². The highest BCUT2D eigenvalue weighted by atomic mass is 32.2. The molecule has 21 heavy (non-hydrogen) atoms. The van der Waals surface area contributed by atoms with E-state index < -0.39 is 30.0 Å². The standard InChI is InChI=1S/C12H12O7S2/c1-2-19-10-7-8-5-3-4-6-9(8)11(20(13,14)15)12(10)21(16,17)18/h3-7H,2H2,1H3,(H,13,14,15)(H,16,17,18). The predicted molar refractivity (Wildman–Crippen MR) is 74.7 cm³/mol. The molecule has 0 unspecified atom stereocenters. The van der Waals surface area contributed by atoms with E-state index in [1.165, 1.54) is 24.3 Å². The van der Waals surface area contributed by atoms with Gasteiger partial charge < -0.3 is 4.74 Å². The molecule has 0 radical (unpaired) electrons. The van der Waals surface area contributed by atoms with E-state index in [-0.39, 0.29) is 17.7 Å². The van der Waals surface area contributed by atoms with Gasteiger partial charge in [-0.3, -0.25) is 9.11 Å². The second-order valence-corrected chi connectivity index (χ2v) is 6.85. The summed E-state index contributed by atoms with van der Waals surface area (Å²) in [5.74, 6) is -0.341. The maximum Gasteiger partial charge on any atom is 0.299 e. The van der Waals surface area contributed by atoms with Gasteiger partial charge in [0.1, 0.15) is 10.6 Å². The zero-order chi connectivity index (χ0) is 15.8. The zero-order valence-electron chi connectivity index (χ0n) is 10.8. The van der Waals surface area contributed by atoms with Gasteiger partial charge in [0.25, 0.3) is 20.2 Å². The molecule has 0 atom stereocenters. The molecule has 0 heterocycles. The van der Waals surface area contributed by atoms with Gasteiger partial charge >= 0.3 is 0 Å². The Hall–Kier alpha value is -1.68. The molecule has 114 valence electrons. The summed E-state index contributed by atoms with van der Waals surface area (Å²) in [6.07, 6.45) is 0. The van der Waals surface area contributed by atoms with Gasteiger partial charge in [0.15, 0.2) is 4.90 Å². The summed E-state index contributed by atoms with van der Waals surface area (Å²) in [5.41, 5.74) is 0. The van der Waals surface area contributed by atoms with Crippen LogP contribution in [0.5, 0.6) is 5.75 Å². The van der Waals surface area contributed by atoms with E-state index in [1.807, 2.05) is 0 Å². The average molecular weight is 332 g/mol. The Bertz CT molecular complexity index is 899. The van der Waals surface area contributed by atoms with Crippen LogP contribution in [0.3, 0.4) is 0 Å². The highest BCUT2D eigenvalue weighted by Gasteiger charge is 2.31. The van der Waals surface area contributed by atoms with E-state index >= 15 is 0 Å². The number of hydrogen-bond acceptors (Lipinski definition) is 5. The van der Waals surface area contributed by atoms with Crippen LogP contribution in [0.4, 0.5) is 0 Å². The Balaban J connectivity index is 3.12. The van der Waals surface area contributed by atoms with Crippen molar-refractivity contribution in [1.29, 1.82) is 0 Å². The van der Waals surface area contributed by atoms with Crippen LogP contribution in [0.1, 0.15) is 6.92 Å². The number of benzene rings is 2. The van der Waals surface area contributed by atoms with Gasteiger partial charge in [0.2, 0.25) is 0 Å². The molecule has 0 aliphatic carbocycles. The van der Waals surface area contributed by atoms with Crippen molar-refractivity contribution in [3.8, 4) is 5.75 Å². The number of rotatable bonds is 4. The van der Waals surface area contributed by atoms with E-state index in [0.29, 0.717) is 5.39 Å². The third-order valence-electron chi connectivity index (χ3n) is 2.74. The number of fused-ring (bicyclic) bond motifs is 1. The Kier molecular flexibility index (Phi) is 3.93. The van der Waals surface area contributed by atoms with Crippen LogP contribution in [0, 0.1) is 0 Å². The molecule has 0 aliphatic heterocycles. The van der Waals surface area contributed by atoms with Crippen molar-refractivity contribution in [2.24, 2.45) is 0 Å². The lowest BCUT2D eigenvalue weighted by Gasteiger charge is -2.14. The van der Waals surface area contributed by atoms with Crippen molar-refractivity contribution in [3.05, 3.63) is 30.3 Å². The second kappa shape index (κ2) is 5.26. The van der Waals surface area contributed by atoms with Crippen molar-refractivity contribution in [1.82, 2.24) is 0 Å². The van der Waals surface area contributed by atoms with Crippen LogP contribution in [-0.2, 0) is 20.2 Å². The molecule has 0 bridgehead atoms. The minimum absolute atomic E-state index is 0.0314. The minimum Gasteiger partial charge on any atom is -0.492 e. The van der Waals surface area contributed by atoms with Crippen molar-refractivity contribution >= 4 is 31.0 Å². The largest absolute Gasteiger partial charge is 0.492 e. The van der Waals surface area contributed by atoms with E-state index in [9.17, 15) is 25.9 Å². The summed E-state index contributed by atoms with van der Waals surface area (Å²) in [7, 11) is -9.83. The van der Waals surface area contributed by atoms with Crippen LogP contribution >= 0.6 is 0 Å². The molecule has 7 nitrogen and oxygen atoms in total. The Morgan fingerprint density at radius 2 is 1.57 bits per heavy atom. The van der Waals surface area contributed by atoms with Crippen molar-refractivity contribution < 1.29 is 30.7 Å². The van der Waals surface area contributed by atoms with Crippen molar-refractivity contribution in [2.75, 3.05) is 6.61 Å². The molecule has 9 heteroatoms. The minimum atomic E-state index is -4.93. The summed E-state index contributed by atoms with van der Waals surface area (Å²) in [4.78, 5) is -1.86. The van der Waals surface area contributed by atoms with E-state index in [4.69, 9.17) is 4.74 Å². The fourth-order valence-corrected chi connectivity index (χ4v) is 4.18. The van der Waals surface area contributed by atoms with Crippen LogP contribution in [0.2, 0.25) is 0 Å². The third-order valence-corrected chi connectivity index (χ3v) is 4.73. The Morgan fingerprint density at radius 1 is 1.00 bits per heavy atom. The zero-order valence-corrected chi connectivity index (χ0v) is 12.5. The number of hydrogen-bond donors (Lipinski definition) is 2. The lowest BCUT2D eigenvalue weighted by molar-refractivity contribution is 0.327. The smallest absolute Gasteiger partial charge is 0.299 e. The Labute approximate surface area is 121 Å². The van der Waals surface area contributed by atoms with Crippen LogP contribution in [0.15, 0.2) is 40.1 Å². The van der Waals surface area contributed by atoms with Gasteiger partial charge in [-0.1, -0.05) is 24.3 Å². The molecule has 0 amide bonds. The maximum atomic E-state index is 11.6. The molecule has 2 N–H and O–H groups in total. The summed E-state index contributed by atoms with van der Waals surface area (Å²) in [5, 5.41) is 0.317. The van der Waals surface area contributed by atoms with Crippen LogP contribution in [-0.4, -0.2) is 32.5 Å². The van der Waals surface area contributed by atoms with Crippen LogP contribution < -0.4 is 4.74 Å². The first-order valence-electron chi connectivity index (χ1n) is 5.79. The average Bonchev–Trinajstić information content (AvgIpc) is 2.35. The van der Waals surface area contributed by atoms with Gasteiger partial charge in [-0.15, -0.1) is 0 Å². The van der Waals surface area contributed by atoms with Gasteiger partial charge in [0, 0.05) is 5.39 Å². The second-order valence-electron chi connectivity index (χ2n) is 4.14. The van der Waals surface area contributed by atoms with E-state index in [2.05, 4.69) is 0 Å². The molecule has 2 aromatic carbocycles. The predicted octanol–water partition coefficient (Wildman–Crippen LogP) is 1.73. The first-order valence-corrected chi connectivity index (χ1v) is 8.67. The normalized spacial score (nSPS) is 12.5. The lowest BCUT2D eigenvalue weighted by Crippen LogP contribution is -2.12. The van der Waals surface area contributed by atoms with Crippen molar-refractivity contribution in [3.63, 3.8) is 0 Å². The first-order chi connectivity index (χ1) is 9.66. The molecule has 0 spiro atoms. The Morgan fingerprint density at radius 3 is 2.10 bits per heavy atom. The molecule has 0 fully saturated rings. The highest BCUT2D eigenvalue weighted by molar-refractivity contribution is 7.89. The fraction of sp³-hybridized carbons (Fsp3) is 0.167. The molecule has 2 aromatic rings. The monoisotopic (exact) mass is 332 g/mol. The SMILES string of the molecule is CCOc1cc2ccccc2c(S(=O)(=O)O)c1S(=O)(=O)O. The molecule has 0 aliphatic rings. The lowest BCUT2D eigenvalue weighted by atomic mass is 10.1. The van der Waals surface area contributed by atoms with Gasteiger partial charge in [-0.05, 0) is 18.4 Å². The van der Waals surface area contributed by atoms with Gasteiger partial charge in [0.05, 0.1) is 6.61 Å². The number of ether oxygens (including phenoxy) is 1. The molecular weight excluding hydrogens is 320 g/mol. The summed E-state index contributed by atoms with van der Waals surface area (Å²) in [6, 6.07) is 7.23. The molecular formula is C12H12O7S2. The molecule has 2 rings (SSSR count). The van der Waals surface area contributed by atoms with E-state index in [1.54, 1.807) is 13.0 Å². The van der Waals surface area contributed by atoms with Crippen molar-refractivity contribution in [2.45, 2.75) is 16.7 Å². The van der Waals surface area contributed by atoms with Crippen LogP contribution in [0.25, 0.3) is 10.8 Å². The molecule has 0 saturated heterocycles. The highest BCUT2D eigenvalue weighted by Crippen LogP contribution is 2.37. The maximum absolute atomic E-state index is 11.6. The third kappa shape index (κ3) is 3.00.